The van der Waals surface area contributed by atoms with Gasteiger partial charge in [-0.3, -0.25) is 4.98 Å². The largest absolute Gasteiger partial charge is 0.383 e. The van der Waals surface area contributed by atoms with E-state index in [1.54, 1.807) is 26.6 Å². The number of hydrogen-bond acceptors (Lipinski definition) is 6. The summed E-state index contributed by atoms with van der Waals surface area (Å²) in [6.45, 7) is 3.17. The van der Waals surface area contributed by atoms with Crippen molar-refractivity contribution in [2.45, 2.75) is 6.54 Å². The van der Waals surface area contributed by atoms with Crippen LogP contribution in [-0.4, -0.2) is 50.5 Å². The molecule has 0 bridgehead atoms. The Bertz CT molecular complexity index is 314. The third-order valence-corrected chi connectivity index (χ3v) is 2.34. The molecule has 0 unspecified atom stereocenters. The Kier molecular flexibility index (Phi) is 6.46. The van der Waals surface area contributed by atoms with Gasteiger partial charge in [-0.15, -0.1) is 0 Å². The Hall–Kier alpha value is -1.24. The van der Waals surface area contributed by atoms with Crippen LogP contribution in [0.15, 0.2) is 12.4 Å². The fourth-order valence-electron chi connectivity index (χ4n) is 1.39. The first-order chi connectivity index (χ1) is 8.31. The lowest BCUT2D eigenvalue weighted by Gasteiger charge is -2.22. The molecule has 17 heavy (non-hydrogen) atoms. The smallest absolute Gasteiger partial charge is 0.147 e. The minimum absolute atomic E-state index is 0.392. The molecule has 1 aromatic heterocycles. The van der Waals surface area contributed by atoms with Crippen molar-refractivity contribution < 1.29 is 9.47 Å². The van der Waals surface area contributed by atoms with Crippen molar-refractivity contribution in [3.8, 4) is 0 Å². The normalized spacial score (nSPS) is 10.5. The Labute approximate surface area is 102 Å². The number of ether oxygens (including phenoxy) is 2. The number of nitrogens with two attached hydrogens (primary N) is 1. The first-order valence-corrected chi connectivity index (χ1v) is 5.55. The first kappa shape index (κ1) is 13.8. The summed E-state index contributed by atoms with van der Waals surface area (Å²) in [5.41, 5.74) is 6.33. The molecule has 1 heterocycles. The number of methoxy groups -OCH3 is 2. The molecule has 0 atom stereocenters. The topological polar surface area (TPSA) is 73.5 Å². The van der Waals surface area contributed by atoms with Crippen LogP contribution in [0.25, 0.3) is 0 Å². The second-order valence-corrected chi connectivity index (χ2v) is 3.55. The van der Waals surface area contributed by atoms with Crippen LogP contribution in [0.5, 0.6) is 0 Å². The molecule has 0 saturated heterocycles. The lowest BCUT2D eigenvalue weighted by molar-refractivity contribution is 0.190. The van der Waals surface area contributed by atoms with Gasteiger partial charge in [0.2, 0.25) is 0 Å². The summed E-state index contributed by atoms with van der Waals surface area (Å²) < 4.78 is 10.1. The standard InChI is InChI=1S/C11H20N4O2/c1-16-5-3-15(4-6-17-2)11-9-13-8-10(7-12)14-11/h8-9H,3-7,12H2,1-2H3. The molecule has 6 nitrogen and oxygen atoms in total. The first-order valence-electron chi connectivity index (χ1n) is 5.55. The van der Waals surface area contributed by atoms with Crippen molar-refractivity contribution in [3.63, 3.8) is 0 Å². The highest BCUT2D eigenvalue weighted by Gasteiger charge is 2.08. The molecule has 0 spiro atoms. The maximum Gasteiger partial charge on any atom is 0.147 e. The molecule has 0 aliphatic heterocycles. The Morgan fingerprint density at radius 1 is 1.18 bits per heavy atom. The van der Waals surface area contributed by atoms with Gasteiger partial charge in [0.15, 0.2) is 0 Å². The van der Waals surface area contributed by atoms with Crippen LogP contribution < -0.4 is 10.6 Å². The summed E-state index contributed by atoms with van der Waals surface area (Å²) in [5.74, 6) is 0.807. The van der Waals surface area contributed by atoms with Crippen molar-refractivity contribution in [2.75, 3.05) is 45.4 Å². The van der Waals surface area contributed by atoms with E-state index in [1.807, 2.05) is 0 Å². The number of hydrogen-bond donors (Lipinski definition) is 1. The van der Waals surface area contributed by atoms with Gasteiger partial charge in [-0.05, 0) is 0 Å². The van der Waals surface area contributed by atoms with E-state index in [2.05, 4.69) is 14.9 Å². The molecule has 0 radical (unpaired) electrons. The minimum atomic E-state index is 0.392. The third-order valence-electron chi connectivity index (χ3n) is 2.34. The number of rotatable bonds is 8. The van der Waals surface area contributed by atoms with E-state index in [0.29, 0.717) is 19.8 Å². The van der Waals surface area contributed by atoms with E-state index in [1.165, 1.54) is 0 Å². The van der Waals surface area contributed by atoms with Crippen LogP contribution in [0, 0.1) is 0 Å². The molecule has 1 rings (SSSR count). The summed E-state index contributed by atoms with van der Waals surface area (Å²) in [7, 11) is 3.35. The number of nitrogens with zero attached hydrogens (tertiary/aromatic N) is 3. The van der Waals surface area contributed by atoms with Gasteiger partial charge in [-0.1, -0.05) is 0 Å². The second-order valence-electron chi connectivity index (χ2n) is 3.55. The molecule has 6 heteroatoms. The van der Waals surface area contributed by atoms with Crippen LogP contribution in [-0.2, 0) is 16.0 Å². The highest BCUT2D eigenvalue weighted by molar-refractivity contribution is 5.36. The van der Waals surface area contributed by atoms with Crippen molar-refractivity contribution >= 4 is 5.82 Å². The van der Waals surface area contributed by atoms with Crippen molar-refractivity contribution in [2.24, 2.45) is 5.73 Å². The molecule has 96 valence electrons. The molecule has 0 aromatic carbocycles. The van der Waals surface area contributed by atoms with E-state index in [0.717, 1.165) is 24.6 Å². The van der Waals surface area contributed by atoms with Crippen LogP contribution >= 0.6 is 0 Å². The van der Waals surface area contributed by atoms with Crippen molar-refractivity contribution in [1.29, 1.82) is 0 Å². The van der Waals surface area contributed by atoms with Gasteiger partial charge in [-0.25, -0.2) is 4.98 Å². The third kappa shape index (κ3) is 4.64. The van der Waals surface area contributed by atoms with E-state index in [4.69, 9.17) is 15.2 Å². The van der Waals surface area contributed by atoms with E-state index >= 15 is 0 Å². The van der Waals surface area contributed by atoms with Crippen molar-refractivity contribution in [1.82, 2.24) is 9.97 Å². The maximum atomic E-state index is 5.55. The quantitative estimate of drug-likeness (QED) is 0.691. The van der Waals surface area contributed by atoms with Gasteiger partial charge < -0.3 is 20.1 Å². The summed E-state index contributed by atoms with van der Waals surface area (Å²) in [6.07, 6.45) is 3.40. The van der Waals surface area contributed by atoms with E-state index < -0.39 is 0 Å². The summed E-state index contributed by atoms with van der Waals surface area (Å²) in [4.78, 5) is 10.6. The predicted molar refractivity (Wildman–Crippen MR) is 65.9 cm³/mol. The minimum Gasteiger partial charge on any atom is -0.383 e. The molecule has 1 aromatic rings. The second kappa shape index (κ2) is 7.94. The average Bonchev–Trinajstić information content (AvgIpc) is 2.39. The van der Waals surface area contributed by atoms with Gasteiger partial charge in [0, 0.05) is 40.1 Å². The Morgan fingerprint density at radius 2 is 1.82 bits per heavy atom. The molecule has 0 saturated carbocycles. The van der Waals surface area contributed by atoms with Crippen molar-refractivity contribution in [3.05, 3.63) is 18.1 Å². The van der Waals surface area contributed by atoms with Gasteiger partial charge in [0.1, 0.15) is 5.82 Å². The summed E-state index contributed by atoms with van der Waals surface area (Å²) >= 11 is 0. The predicted octanol–water partition coefficient (Wildman–Crippen LogP) is 0.0345. The maximum absolute atomic E-state index is 5.55. The molecule has 0 fully saturated rings. The van der Waals surface area contributed by atoms with Gasteiger partial charge in [0.05, 0.1) is 25.1 Å². The zero-order valence-electron chi connectivity index (χ0n) is 10.4. The van der Waals surface area contributed by atoms with Gasteiger partial charge >= 0.3 is 0 Å². The molecule has 2 N–H and O–H groups in total. The SMILES string of the molecule is COCCN(CCOC)c1cncc(CN)n1. The summed E-state index contributed by atoms with van der Waals surface area (Å²) in [5, 5.41) is 0. The van der Waals surface area contributed by atoms with Crippen LogP contribution in [0.1, 0.15) is 5.69 Å². The van der Waals surface area contributed by atoms with Gasteiger partial charge in [-0.2, -0.15) is 0 Å². The Morgan fingerprint density at radius 3 is 2.35 bits per heavy atom. The average molecular weight is 240 g/mol. The Balaban J connectivity index is 2.71. The molecular weight excluding hydrogens is 220 g/mol. The number of anilines is 1. The van der Waals surface area contributed by atoms with Crippen LogP contribution in [0.3, 0.4) is 0 Å². The highest BCUT2D eigenvalue weighted by atomic mass is 16.5. The summed E-state index contributed by atoms with van der Waals surface area (Å²) in [6, 6.07) is 0. The zero-order valence-corrected chi connectivity index (χ0v) is 10.4. The molecule has 0 aliphatic rings. The monoisotopic (exact) mass is 240 g/mol. The fourth-order valence-corrected chi connectivity index (χ4v) is 1.39. The zero-order chi connectivity index (χ0) is 12.5. The van der Waals surface area contributed by atoms with Crippen LogP contribution in [0.4, 0.5) is 5.82 Å². The van der Waals surface area contributed by atoms with E-state index in [9.17, 15) is 0 Å². The van der Waals surface area contributed by atoms with E-state index in [-0.39, 0.29) is 0 Å². The lowest BCUT2D eigenvalue weighted by atomic mass is 10.4. The fraction of sp³-hybridized carbons (Fsp3) is 0.636. The molecule has 0 amide bonds. The van der Waals surface area contributed by atoms with Crippen LogP contribution in [0.2, 0.25) is 0 Å². The highest BCUT2D eigenvalue weighted by Crippen LogP contribution is 2.09. The molecule has 0 aliphatic carbocycles. The lowest BCUT2D eigenvalue weighted by Crippen LogP contribution is -2.31. The van der Waals surface area contributed by atoms with Gasteiger partial charge in [0.25, 0.3) is 0 Å². The number of aromatic nitrogens is 2. The molecular formula is C11H20N4O2.